The molecule has 0 unspecified atom stereocenters. The summed E-state index contributed by atoms with van der Waals surface area (Å²) in [6.45, 7) is 16.1. The average molecular weight is 187 g/mol. The molecule has 0 aromatic heterocycles. The molecule has 0 aliphatic heterocycles. The topological polar surface area (TPSA) is 26.0 Å². The summed E-state index contributed by atoms with van der Waals surface area (Å²) in [5.41, 5.74) is 6.06. The molecule has 1 nitrogen and oxygen atoms in total. The zero-order chi connectivity index (χ0) is 10.2. The van der Waals surface area contributed by atoms with Crippen LogP contribution in [0.5, 0.6) is 0 Å². The molecule has 0 aliphatic carbocycles. The van der Waals surface area contributed by atoms with Crippen LogP contribution in [0.1, 0.15) is 34.6 Å². The molecule has 0 atom stereocenters. The summed E-state index contributed by atoms with van der Waals surface area (Å²) in [6, 6.07) is 1.20. The van der Waals surface area contributed by atoms with E-state index in [0.717, 1.165) is 0 Å². The van der Waals surface area contributed by atoms with Gasteiger partial charge in [0.15, 0.2) is 0 Å². The maximum atomic E-state index is 6.05. The van der Waals surface area contributed by atoms with Crippen LogP contribution in [0.15, 0.2) is 0 Å². The van der Waals surface area contributed by atoms with Crippen LogP contribution < -0.4 is 5.73 Å². The lowest BCUT2D eigenvalue weighted by Gasteiger charge is -2.41. The van der Waals surface area contributed by atoms with E-state index < -0.39 is 8.07 Å². The van der Waals surface area contributed by atoms with Crippen molar-refractivity contribution < 1.29 is 0 Å². The first-order valence-electron chi connectivity index (χ1n) is 4.75. The van der Waals surface area contributed by atoms with Crippen molar-refractivity contribution in [3.05, 3.63) is 0 Å². The SMILES string of the molecule is CC(C)(N)C[Si](C)(C)C(C)(C)C. The first-order chi connectivity index (χ1) is 4.96. The molecule has 0 aliphatic rings. The summed E-state index contributed by atoms with van der Waals surface area (Å²) in [4.78, 5) is 0. The quantitative estimate of drug-likeness (QED) is 0.660. The normalized spacial score (nSPS) is 15.0. The fourth-order valence-electron chi connectivity index (χ4n) is 1.40. The van der Waals surface area contributed by atoms with E-state index in [4.69, 9.17) is 5.73 Å². The van der Waals surface area contributed by atoms with Crippen molar-refractivity contribution in [1.82, 2.24) is 0 Å². The maximum Gasteiger partial charge on any atom is 0.0545 e. The largest absolute Gasteiger partial charge is 0.326 e. The Labute approximate surface area is 78.7 Å². The number of hydrogen-bond acceptors (Lipinski definition) is 1. The molecule has 74 valence electrons. The zero-order valence-electron chi connectivity index (χ0n) is 9.78. The van der Waals surface area contributed by atoms with Crippen LogP contribution in [0.4, 0.5) is 0 Å². The second-order valence-corrected chi connectivity index (χ2v) is 11.9. The smallest absolute Gasteiger partial charge is 0.0545 e. The number of rotatable bonds is 2. The van der Waals surface area contributed by atoms with Crippen LogP contribution in [0.3, 0.4) is 0 Å². The highest BCUT2D eigenvalue weighted by Gasteiger charge is 2.38. The molecule has 0 aromatic carbocycles. The zero-order valence-corrected chi connectivity index (χ0v) is 10.8. The first kappa shape index (κ1) is 12.2. The molecule has 0 fully saturated rings. The molecular weight excluding hydrogens is 162 g/mol. The van der Waals surface area contributed by atoms with Crippen LogP contribution >= 0.6 is 0 Å². The Balaban J connectivity index is 4.44. The summed E-state index contributed by atoms with van der Waals surface area (Å²) in [5.74, 6) is 0. The predicted octanol–water partition coefficient (Wildman–Crippen LogP) is 3.23. The van der Waals surface area contributed by atoms with Gasteiger partial charge in [0, 0.05) is 5.54 Å². The van der Waals surface area contributed by atoms with Gasteiger partial charge in [-0.25, -0.2) is 0 Å². The van der Waals surface area contributed by atoms with E-state index in [0.29, 0.717) is 5.04 Å². The lowest BCUT2D eigenvalue weighted by molar-refractivity contribution is 0.554. The van der Waals surface area contributed by atoms with Gasteiger partial charge in [-0.05, 0) is 24.9 Å². The molecule has 12 heavy (non-hydrogen) atoms. The van der Waals surface area contributed by atoms with Gasteiger partial charge >= 0.3 is 0 Å². The van der Waals surface area contributed by atoms with Crippen LogP contribution in [0.25, 0.3) is 0 Å². The monoisotopic (exact) mass is 187 g/mol. The predicted molar refractivity (Wildman–Crippen MR) is 60.3 cm³/mol. The highest BCUT2D eigenvalue weighted by atomic mass is 28.3. The minimum atomic E-state index is -1.17. The van der Waals surface area contributed by atoms with Gasteiger partial charge in [0.2, 0.25) is 0 Å². The summed E-state index contributed by atoms with van der Waals surface area (Å²) < 4.78 is 0. The third-order valence-electron chi connectivity index (χ3n) is 2.93. The highest BCUT2D eigenvalue weighted by molar-refractivity contribution is 6.80. The third-order valence-corrected chi connectivity index (χ3v) is 8.78. The van der Waals surface area contributed by atoms with Crippen LogP contribution in [-0.2, 0) is 0 Å². The molecule has 0 spiro atoms. The summed E-state index contributed by atoms with van der Waals surface area (Å²) in [6.07, 6.45) is 0. The first-order valence-corrected chi connectivity index (χ1v) is 7.95. The maximum absolute atomic E-state index is 6.05. The molecule has 0 bridgehead atoms. The number of nitrogens with two attached hydrogens (primary N) is 1. The molecule has 0 saturated heterocycles. The molecule has 0 heterocycles. The van der Waals surface area contributed by atoms with E-state index in [1.165, 1.54) is 6.04 Å². The van der Waals surface area contributed by atoms with Gasteiger partial charge in [-0.3, -0.25) is 0 Å². The molecule has 0 amide bonds. The standard InChI is InChI=1S/C10H25NSi/c1-9(2,3)12(6,7)8-10(4,5)11/h8,11H2,1-7H3. The Kier molecular flexibility index (Phi) is 3.19. The van der Waals surface area contributed by atoms with Crippen LogP contribution in [-0.4, -0.2) is 13.6 Å². The highest BCUT2D eigenvalue weighted by Crippen LogP contribution is 2.40. The molecule has 0 aromatic rings. The van der Waals surface area contributed by atoms with Gasteiger partial charge < -0.3 is 5.73 Å². The Hall–Kier alpha value is 0.177. The van der Waals surface area contributed by atoms with Gasteiger partial charge in [0.05, 0.1) is 8.07 Å². The summed E-state index contributed by atoms with van der Waals surface area (Å²) in [7, 11) is -1.17. The van der Waals surface area contributed by atoms with E-state index in [9.17, 15) is 0 Å². The minimum absolute atomic E-state index is 0.00298. The van der Waals surface area contributed by atoms with Crippen molar-refractivity contribution in [2.45, 2.75) is 64.3 Å². The van der Waals surface area contributed by atoms with Crippen molar-refractivity contribution in [3.63, 3.8) is 0 Å². The van der Waals surface area contributed by atoms with Gasteiger partial charge in [0.25, 0.3) is 0 Å². The van der Waals surface area contributed by atoms with Crippen molar-refractivity contribution in [1.29, 1.82) is 0 Å². The third kappa shape index (κ3) is 3.72. The Morgan fingerprint density at radius 1 is 1.00 bits per heavy atom. The minimum Gasteiger partial charge on any atom is -0.326 e. The van der Waals surface area contributed by atoms with Crippen LogP contribution in [0, 0.1) is 0 Å². The van der Waals surface area contributed by atoms with Gasteiger partial charge in [-0.2, -0.15) is 0 Å². The van der Waals surface area contributed by atoms with Crippen molar-refractivity contribution >= 4 is 8.07 Å². The molecule has 0 saturated carbocycles. The molecule has 0 rings (SSSR count). The van der Waals surface area contributed by atoms with Crippen LogP contribution in [0.2, 0.25) is 24.2 Å². The molecular formula is C10H25NSi. The fourth-order valence-corrected chi connectivity index (χ4v) is 4.21. The number of hydrogen-bond donors (Lipinski definition) is 1. The van der Waals surface area contributed by atoms with Crippen molar-refractivity contribution in [3.8, 4) is 0 Å². The second kappa shape index (κ2) is 3.15. The summed E-state index contributed by atoms with van der Waals surface area (Å²) >= 11 is 0. The van der Waals surface area contributed by atoms with Gasteiger partial charge in [0.1, 0.15) is 0 Å². The Bertz CT molecular complexity index is 148. The lowest BCUT2D eigenvalue weighted by atomic mass is 10.1. The summed E-state index contributed by atoms with van der Waals surface area (Å²) in [5, 5.41) is 0.462. The van der Waals surface area contributed by atoms with E-state index in [2.05, 4.69) is 47.7 Å². The molecule has 0 radical (unpaired) electrons. The van der Waals surface area contributed by atoms with Gasteiger partial charge in [-0.1, -0.05) is 33.9 Å². The fraction of sp³-hybridized carbons (Fsp3) is 1.00. The van der Waals surface area contributed by atoms with E-state index in [-0.39, 0.29) is 5.54 Å². The average Bonchev–Trinajstić information content (AvgIpc) is 1.52. The van der Waals surface area contributed by atoms with E-state index in [1.54, 1.807) is 0 Å². The van der Waals surface area contributed by atoms with Gasteiger partial charge in [-0.15, -0.1) is 0 Å². The molecule has 2 N–H and O–H groups in total. The Morgan fingerprint density at radius 2 is 1.33 bits per heavy atom. The van der Waals surface area contributed by atoms with Crippen molar-refractivity contribution in [2.24, 2.45) is 5.73 Å². The van der Waals surface area contributed by atoms with Crippen molar-refractivity contribution in [2.75, 3.05) is 0 Å². The second-order valence-electron chi connectivity index (χ2n) is 6.30. The van der Waals surface area contributed by atoms with E-state index in [1.807, 2.05) is 0 Å². The Morgan fingerprint density at radius 3 is 1.42 bits per heavy atom. The lowest BCUT2D eigenvalue weighted by Crippen LogP contribution is -2.47. The molecule has 2 heteroatoms. The van der Waals surface area contributed by atoms with E-state index >= 15 is 0 Å².